The van der Waals surface area contributed by atoms with E-state index in [1.165, 1.54) is 18.0 Å². The minimum absolute atomic E-state index is 0.448. The number of carbonyl (C=O) groups excluding carboxylic acids is 2. The summed E-state index contributed by atoms with van der Waals surface area (Å²) in [7, 11) is 0. The van der Waals surface area contributed by atoms with Gasteiger partial charge >= 0.3 is 6.03 Å². The Morgan fingerprint density at radius 2 is 2.19 bits per heavy atom. The lowest BCUT2D eigenvalue weighted by molar-refractivity contribution is -0.119. The Kier molecular flexibility index (Phi) is 4.12. The van der Waals surface area contributed by atoms with Crippen molar-refractivity contribution in [2.75, 3.05) is 5.73 Å². The van der Waals surface area contributed by atoms with Crippen molar-refractivity contribution >= 4 is 29.4 Å². The lowest BCUT2D eigenvalue weighted by Crippen LogP contribution is -2.39. The van der Waals surface area contributed by atoms with Crippen molar-refractivity contribution in [1.29, 1.82) is 0 Å². The third kappa shape index (κ3) is 3.77. The molecule has 16 heavy (non-hydrogen) atoms. The fraction of sp³-hybridized carbons (Fsp3) is 0.222. The Morgan fingerprint density at radius 3 is 2.69 bits per heavy atom. The molecule has 6 nitrogen and oxygen atoms in total. The van der Waals surface area contributed by atoms with Gasteiger partial charge in [0.15, 0.2) is 0 Å². The highest BCUT2D eigenvalue weighted by Crippen LogP contribution is 2.21. The molecule has 0 saturated carbocycles. The summed E-state index contributed by atoms with van der Waals surface area (Å²) in [5.74, 6) is -0.448. The van der Waals surface area contributed by atoms with Crippen LogP contribution in [0.5, 0.6) is 0 Å². The number of rotatable bonds is 3. The second-order valence-electron chi connectivity index (χ2n) is 3.04. The molecule has 0 bridgehead atoms. The Hall–Kier alpha value is -1.76. The average Bonchev–Trinajstić information content (AvgIpc) is 2.20. The molecule has 0 aliphatic rings. The first kappa shape index (κ1) is 12.3. The molecule has 1 aromatic rings. The van der Waals surface area contributed by atoms with Crippen LogP contribution in [-0.4, -0.2) is 22.2 Å². The summed E-state index contributed by atoms with van der Waals surface area (Å²) in [4.78, 5) is 25.8. The van der Waals surface area contributed by atoms with Crippen LogP contribution in [0.25, 0.3) is 0 Å². The van der Waals surface area contributed by atoms with Crippen LogP contribution in [0, 0.1) is 0 Å². The van der Waals surface area contributed by atoms with Gasteiger partial charge in [0.2, 0.25) is 5.91 Å². The normalized spacial score (nSPS) is 11.8. The second-order valence-corrected chi connectivity index (χ2v) is 4.40. The van der Waals surface area contributed by atoms with Crippen LogP contribution in [0.2, 0.25) is 0 Å². The Morgan fingerprint density at radius 1 is 1.50 bits per heavy atom. The summed E-state index contributed by atoms with van der Waals surface area (Å²) in [5, 5.41) is 2.20. The minimum Gasteiger partial charge on any atom is -0.397 e. The number of primary amides is 1. The number of nitrogens with one attached hydrogen (secondary N) is 1. The van der Waals surface area contributed by atoms with Crippen LogP contribution >= 0.6 is 11.8 Å². The van der Waals surface area contributed by atoms with E-state index in [-0.39, 0.29) is 0 Å². The number of carbonyl (C=O) groups is 2. The van der Waals surface area contributed by atoms with Crippen molar-refractivity contribution in [3.05, 3.63) is 18.3 Å². The summed E-state index contributed by atoms with van der Waals surface area (Å²) in [6.07, 6.45) is 1.50. The predicted octanol–water partition coefficient (Wildman–Crippen LogP) is 0.339. The summed E-state index contributed by atoms with van der Waals surface area (Å²) in [6.45, 7) is 1.65. The topological polar surface area (TPSA) is 111 Å². The van der Waals surface area contributed by atoms with Gasteiger partial charge in [0.1, 0.15) is 0 Å². The maximum atomic E-state index is 11.3. The molecule has 0 aromatic carbocycles. The van der Waals surface area contributed by atoms with E-state index >= 15 is 0 Å². The molecule has 0 fully saturated rings. The summed E-state index contributed by atoms with van der Waals surface area (Å²) >= 11 is 1.22. The molecule has 0 aliphatic carbocycles. The van der Waals surface area contributed by atoms with E-state index in [1.54, 1.807) is 19.1 Å². The van der Waals surface area contributed by atoms with Crippen LogP contribution in [0.3, 0.4) is 0 Å². The molecule has 3 amide bonds. The summed E-state index contributed by atoms with van der Waals surface area (Å²) < 4.78 is 0. The van der Waals surface area contributed by atoms with Gasteiger partial charge < -0.3 is 11.5 Å². The third-order valence-corrected chi connectivity index (χ3v) is 2.72. The molecule has 1 rings (SSSR count). The third-order valence-electron chi connectivity index (χ3n) is 1.67. The highest BCUT2D eigenvalue weighted by molar-refractivity contribution is 8.00. The molecule has 1 aromatic heterocycles. The van der Waals surface area contributed by atoms with E-state index in [0.717, 1.165) is 0 Å². The number of hydrogen-bond acceptors (Lipinski definition) is 5. The Labute approximate surface area is 96.8 Å². The monoisotopic (exact) mass is 240 g/mol. The quantitative estimate of drug-likeness (QED) is 0.660. The van der Waals surface area contributed by atoms with Crippen LogP contribution in [0.15, 0.2) is 23.4 Å². The van der Waals surface area contributed by atoms with Crippen molar-refractivity contribution in [2.24, 2.45) is 5.73 Å². The van der Waals surface area contributed by atoms with Gasteiger partial charge in [-0.2, -0.15) is 0 Å². The van der Waals surface area contributed by atoms with Crippen molar-refractivity contribution in [1.82, 2.24) is 10.3 Å². The first-order valence-electron chi connectivity index (χ1n) is 4.47. The molecule has 0 radical (unpaired) electrons. The van der Waals surface area contributed by atoms with Crippen molar-refractivity contribution in [3.63, 3.8) is 0 Å². The lowest BCUT2D eigenvalue weighted by atomic mass is 10.4. The number of imide groups is 1. The van der Waals surface area contributed by atoms with Crippen LogP contribution in [-0.2, 0) is 4.79 Å². The Balaban J connectivity index is 2.57. The van der Waals surface area contributed by atoms with Gasteiger partial charge in [-0.3, -0.25) is 10.1 Å². The lowest BCUT2D eigenvalue weighted by Gasteiger charge is -2.09. The maximum Gasteiger partial charge on any atom is 0.318 e. The van der Waals surface area contributed by atoms with Crippen LogP contribution in [0.4, 0.5) is 10.5 Å². The summed E-state index contributed by atoms with van der Waals surface area (Å²) in [5.41, 5.74) is 10.9. The molecule has 7 heteroatoms. The number of hydrogen-bond donors (Lipinski definition) is 3. The molecule has 1 atom stereocenters. The van der Waals surface area contributed by atoms with Gasteiger partial charge in [-0.15, -0.1) is 0 Å². The molecule has 1 heterocycles. The smallest absolute Gasteiger partial charge is 0.318 e. The highest BCUT2D eigenvalue weighted by atomic mass is 32.2. The Bertz CT molecular complexity index is 393. The van der Waals surface area contributed by atoms with Crippen molar-refractivity contribution < 1.29 is 9.59 Å². The zero-order valence-corrected chi connectivity index (χ0v) is 9.45. The first-order chi connectivity index (χ1) is 7.49. The van der Waals surface area contributed by atoms with E-state index in [9.17, 15) is 9.59 Å². The zero-order chi connectivity index (χ0) is 12.1. The second kappa shape index (κ2) is 5.36. The number of nitrogens with zero attached hydrogens (tertiary/aromatic N) is 1. The van der Waals surface area contributed by atoms with Gasteiger partial charge in [-0.05, 0) is 19.1 Å². The number of nitrogens with two attached hydrogens (primary N) is 2. The number of amides is 3. The average molecular weight is 240 g/mol. The maximum absolute atomic E-state index is 11.3. The first-order valence-corrected chi connectivity index (χ1v) is 5.35. The van der Waals surface area contributed by atoms with E-state index in [2.05, 4.69) is 4.98 Å². The van der Waals surface area contributed by atoms with Gasteiger partial charge in [-0.1, -0.05) is 11.8 Å². The fourth-order valence-corrected chi connectivity index (χ4v) is 1.71. The van der Waals surface area contributed by atoms with Crippen LogP contribution < -0.4 is 16.8 Å². The van der Waals surface area contributed by atoms with E-state index in [0.29, 0.717) is 10.7 Å². The number of thioether (sulfide) groups is 1. The number of nitrogen functional groups attached to an aromatic ring is 1. The van der Waals surface area contributed by atoms with Crippen molar-refractivity contribution in [2.45, 2.75) is 17.2 Å². The molecule has 86 valence electrons. The largest absolute Gasteiger partial charge is 0.397 e. The molecule has 0 spiro atoms. The molecular weight excluding hydrogens is 228 g/mol. The SMILES string of the molecule is CC(Sc1ccc(N)cn1)C(=O)NC(N)=O. The zero-order valence-electron chi connectivity index (χ0n) is 8.64. The molecule has 1 unspecified atom stereocenters. The standard InChI is InChI=1S/C9H12N4O2S/c1-5(8(14)13-9(11)15)16-7-3-2-6(10)4-12-7/h2-5H,10H2,1H3,(H3,11,13,14,15). The minimum atomic E-state index is -0.859. The van der Waals surface area contributed by atoms with E-state index < -0.39 is 17.2 Å². The van der Waals surface area contributed by atoms with Crippen molar-refractivity contribution in [3.8, 4) is 0 Å². The number of pyridine rings is 1. The summed E-state index contributed by atoms with van der Waals surface area (Å²) in [6, 6.07) is 2.53. The number of aromatic nitrogens is 1. The van der Waals surface area contributed by atoms with Gasteiger partial charge in [-0.25, -0.2) is 9.78 Å². The van der Waals surface area contributed by atoms with E-state index in [4.69, 9.17) is 11.5 Å². The van der Waals surface area contributed by atoms with Gasteiger partial charge in [0.25, 0.3) is 0 Å². The predicted molar refractivity (Wildman–Crippen MR) is 61.7 cm³/mol. The van der Waals surface area contributed by atoms with Crippen LogP contribution in [0.1, 0.15) is 6.92 Å². The number of urea groups is 1. The highest BCUT2D eigenvalue weighted by Gasteiger charge is 2.16. The molecule has 0 aliphatic heterocycles. The molecule has 5 N–H and O–H groups in total. The molecular formula is C9H12N4O2S. The van der Waals surface area contributed by atoms with Gasteiger partial charge in [0.05, 0.1) is 22.2 Å². The van der Waals surface area contributed by atoms with E-state index in [1.807, 2.05) is 5.32 Å². The fourth-order valence-electron chi connectivity index (χ4n) is 0.919. The number of anilines is 1. The van der Waals surface area contributed by atoms with Gasteiger partial charge in [0, 0.05) is 0 Å². The molecule has 0 saturated heterocycles.